The molecule has 1 saturated carbocycles. The number of halogens is 2. The number of urea groups is 1. The highest BCUT2D eigenvalue weighted by Gasteiger charge is 2.22. The van der Waals surface area contributed by atoms with Crippen molar-refractivity contribution in [1.82, 2.24) is 10.6 Å². The molecule has 1 aromatic carbocycles. The Morgan fingerprint density at radius 3 is 2.64 bits per heavy atom. The Morgan fingerprint density at radius 1 is 1.32 bits per heavy atom. The van der Waals surface area contributed by atoms with E-state index in [1.807, 2.05) is 19.1 Å². The molecule has 22 heavy (non-hydrogen) atoms. The molecule has 122 valence electrons. The van der Waals surface area contributed by atoms with Crippen LogP contribution in [0.5, 0.6) is 0 Å². The van der Waals surface area contributed by atoms with Crippen LogP contribution in [0.15, 0.2) is 18.2 Å². The average molecular weight is 345 g/mol. The Balaban J connectivity index is 1.85. The first-order valence-electron chi connectivity index (χ1n) is 7.63. The molecule has 1 atom stereocenters. The molecule has 0 aliphatic heterocycles. The third kappa shape index (κ3) is 4.51. The minimum atomic E-state index is -0.222. The second kappa shape index (κ2) is 8.04. The quantitative estimate of drug-likeness (QED) is 0.775. The van der Waals surface area contributed by atoms with Crippen molar-refractivity contribution in [2.45, 2.75) is 44.7 Å². The van der Waals surface area contributed by atoms with Crippen molar-refractivity contribution >= 4 is 29.2 Å². The van der Waals surface area contributed by atoms with Crippen LogP contribution in [0.2, 0.25) is 10.0 Å². The molecule has 1 unspecified atom stereocenters. The molecule has 1 aliphatic carbocycles. The number of rotatable bonds is 4. The van der Waals surface area contributed by atoms with Gasteiger partial charge in [-0.25, -0.2) is 4.79 Å². The molecule has 6 heteroatoms. The molecule has 0 radical (unpaired) electrons. The van der Waals surface area contributed by atoms with E-state index in [9.17, 15) is 4.79 Å². The Morgan fingerprint density at radius 2 is 2.00 bits per heavy atom. The number of hydrogen-bond acceptors (Lipinski definition) is 2. The van der Waals surface area contributed by atoms with Gasteiger partial charge in [0.05, 0.1) is 16.1 Å². The largest absolute Gasteiger partial charge is 0.396 e. The summed E-state index contributed by atoms with van der Waals surface area (Å²) in [6.45, 7) is 2.11. The van der Waals surface area contributed by atoms with E-state index in [0.29, 0.717) is 16.0 Å². The zero-order chi connectivity index (χ0) is 16.1. The molecule has 2 rings (SSSR count). The van der Waals surface area contributed by atoms with E-state index in [4.69, 9.17) is 28.3 Å². The molecule has 2 amide bonds. The third-order valence-electron chi connectivity index (χ3n) is 4.24. The lowest BCUT2D eigenvalue weighted by atomic mass is 9.87. The molecular weight excluding hydrogens is 323 g/mol. The maximum absolute atomic E-state index is 12.1. The van der Waals surface area contributed by atoms with Gasteiger partial charge >= 0.3 is 6.03 Å². The molecular formula is C16H22Cl2N2O2. The number of aliphatic hydroxyl groups is 1. The fourth-order valence-electron chi connectivity index (χ4n) is 2.85. The first-order valence-corrected chi connectivity index (χ1v) is 8.38. The summed E-state index contributed by atoms with van der Waals surface area (Å²) in [5.74, 6) is 0.380. The van der Waals surface area contributed by atoms with E-state index >= 15 is 0 Å². The average Bonchev–Trinajstić information content (AvgIpc) is 2.50. The second-order valence-electron chi connectivity index (χ2n) is 5.88. The van der Waals surface area contributed by atoms with E-state index in [0.717, 1.165) is 31.2 Å². The summed E-state index contributed by atoms with van der Waals surface area (Å²) in [7, 11) is 0. The van der Waals surface area contributed by atoms with Gasteiger partial charge in [-0.05, 0) is 50.2 Å². The highest BCUT2D eigenvalue weighted by molar-refractivity contribution is 6.42. The number of carbonyl (C=O) groups excluding carboxylic acids is 1. The molecule has 0 bridgehead atoms. The summed E-state index contributed by atoms with van der Waals surface area (Å²) >= 11 is 12.2. The summed E-state index contributed by atoms with van der Waals surface area (Å²) in [6, 6.07) is 5.14. The van der Waals surface area contributed by atoms with E-state index in [-0.39, 0.29) is 24.7 Å². The van der Waals surface area contributed by atoms with Crippen LogP contribution in [-0.2, 0) is 0 Å². The van der Waals surface area contributed by atoms with Crippen LogP contribution in [0.3, 0.4) is 0 Å². The standard InChI is InChI=1S/C16H22Cl2N2O2/c1-10(13-3-2-4-14(17)15(13)18)19-16(22)20-12-7-5-11(9-21)6-8-12/h2-4,10-12,21H,5-9H2,1H3,(H2,19,20,22). The van der Waals surface area contributed by atoms with Gasteiger partial charge in [0.15, 0.2) is 0 Å². The lowest BCUT2D eigenvalue weighted by Gasteiger charge is -2.28. The summed E-state index contributed by atoms with van der Waals surface area (Å²) < 4.78 is 0. The number of nitrogens with one attached hydrogen (secondary N) is 2. The van der Waals surface area contributed by atoms with Crippen molar-refractivity contribution in [1.29, 1.82) is 0 Å². The zero-order valence-corrected chi connectivity index (χ0v) is 14.1. The van der Waals surface area contributed by atoms with Crippen LogP contribution < -0.4 is 10.6 Å². The predicted molar refractivity (Wildman–Crippen MR) is 89.4 cm³/mol. The van der Waals surface area contributed by atoms with Gasteiger partial charge in [0, 0.05) is 12.6 Å². The molecule has 1 fully saturated rings. The van der Waals surface area contributed by atoms with Gasteiger partial charge in [0.2, 0.25) is 0 Å². The molecule has 0 spiro atoms. The summed E-state index contributed by atoms with van der Waals surface area (Å²) in [4.78, 5) is 12.1. The summed E-state index contributed by atoms with van der Waals surface area (Å²) in [5, 5.41) is 16.0. The minimum absolute atomic E-state index is 0.171. The maximum Gasteiger partial charge on any atom is 0.315 e. The molecule has 3 N–H and O–H groups in total. The predicted octanol–water partition coefficient (Wildman–Crippen LogP) is 3.90. The van der Waals surface area contributed by atoms with Crippen molar-refractivity contribution in [3.05, 3.63) is 33.8 Å². The Labute approximate surface area is 141 Å². The van der Waals surface area contributed by atoms with E-state index in [1.54, 1.807) is 6.07 Å². The third-order valence-corrected chi connectivity index (χ3v) is 5.07. The topological polar surface area (TPSA) is 61.4 Å². The SMILES string of the molecule is CC(NC(=O)NC1CCC(CO)CC1)c1cccc(Cl)c1Cl. The zero-order valence-electron chi connectivity index (χ0n) is 12.6. The first kappa shape index (κ1) is 17.4. The summed E-state index contributed by atoms with van der Waals surface area (Å²) in [6.07, 6.45) is 3.73. The van der Waals surface area contributed by atoms with E-state index in [1.165, 1.54) is 0 Å². The molecule has 1 aliphatic rings. The van der Waals surface area contributed by atoms with Crippen LogP contribution >= 0.6 is 23.2 Å². The van der Waals surface area contributed by atoms with Crippen molar-refractivity contribution in [2.24, 2.45) is 5.92 Å². The van der Waals surface area contributed by atoms with E-state index < -0.39 is 0 Å². The summed E-state index contributed by atoms with van der Waals surface area (Å²) in [5.41, 5.74) is 0.799. The lowest BCUT2D eigenvalue weighted by Crippen LogP contribution is -2.44. The minimum Gasteiger partial charge on any atom is -0.396 e. The maximum atomic E-state index is 12.1. The van der Waals surface area contributed by atoms with Crippen molar-refractivity contribution in [2.75, 3.05) is 6.61 Å². The molecule has 0 saturated heterocycles. The van der Waals surface area contributed by atoms with Crippen LogP contribution in [0.1, 0.15) is 44.2 Å². The van der Waals surface area contributed by atoms with Gasteiger partial charge in [-0.15, -0.1) is 0 Å². The van der Waals surface area contributed by atoms with Crippen molar-refractivity contribution < 1.29 is 9.90 Å². The van der Waals surface area contributed by atoms with Crippen LogP contribution in [-0.4, -0.2) is 23.8 Å². The monoisotopic (exact) mass is 344 g/mol. The van der Waals surface area contributed by atoms with Crippen LogP contribution in [0.25, 0.3) is 0 Å². The fraction of sp³-hybridized carbons (Fsp3) is 0.562. The molecule has 1 aromatic rings. The Hall–Kier alpha value is -0.970. The van der Waals surface area contributed by atoms with Gasteiger partial charge in [-0.2, -0.15) is 0 Å². The highest BCUT2D eigenvalue weighted by Crippen LogP contribution is 2.29. The molecule has 4 nitrogen and oxygen atoms in total. The number of aliphatic hydroxyl groups excluding tert-OH is 1. The molecule has 0 heterocycles. The second-order valence-corrected chi connectivity index (χ2v) is 6.67. The lowest BCUT2D eigenvalue weighted by molar-refractivity contribution is 0.174. The number of benzene rings is 1. The highest BCUT2D eigenvalue weighted by atomic mass is 35.5. The van der Waals surface area contributed by atoms with Crippen molar-refractivity contribution in [3.8, 4) is 0 Å². The Kier molecular flexibility index (Phi) is 6.36. The molecule has 0 aromatic heterocycles. The van der Waals surface area contributed by atoms with Crippen molar-refractivity contribution in [3.63, 3.8) is 0 Å². The Bertz CT molecular complexity index is 517. The van der Waals surface area contributed by atoms with Gasteiger partial charge in [0.1, 0.15) is 0 Å². The van der Waals surface area contributed by atoms with Gasteiger partial charge in [-0.3, -0.25) is 0 Å². The fourth-order valence-corrected chi connectivity index (χ4v) is 3.32. The van der Waals surface area contributed by atoms with Gasteiger partial charge < -0.3 is 15.7 Å². The van der Waals surface area contributed by atoms with Crippen LogP contribution in [0, 0.1) is 5.92 Å². The smallest absolute Gasteiger partial charge is 0.315 e. The van der Waals surface area contributed by atoms with Gasteiger partial charge in [-0.1, -0.05) is 35.3 Å². The van der Waals surface area contributed by atoms with E-state index in [2.05, 4.69) is 10.6 Å². The normalized spacial score (nSPS) is 22.9. The number of hydrogen-bond donors (Lipinski definition) is 3. The van der Waals surface area contributed by atoms with Gasteiger partial charge in [0.25, 0.3) is 0 Å². The number of carbonyl (C=O) groups is 1. The number of amides is 2. The first-order chi connectivity index (χ1) is 10.5. The van der Waals surface area contributed by atoms with Crippen LogP contribution in [0.4, 0.5) is 4.79 Å².